The van der Waals surface area contributed by atoms with Crippen LogP contribution in [0.2, 0.25) is 5.02 Å². The van der Waals surface area contributed by atoms with Crippen LogP contribution >= 0.6 is 11.6 Å². The van der Waals surface area contributed by atoms with E-state index in [2.05, 4.69) is 0 Å². The molecule has 0 heterocycles. The molecule has 0 amide bonds. The molecule has 0 saturated heterocycles. The summed E-state index contributed by atoms with van der Waals surface area (Å²) in [5.74, 6) is 0. The Morgan fingerprint density at radius 2 is 1.81 bits per heavy atom. The van der Waals surface area contributed by atoms with Gasteiger partial charge in [0.15, 0.2) is 0 Å². The predicted octanol–water partition coefficient (Wildman–Crippen LogP) is 4.58. The van der Waals surface area contributed by atoms with Crippen LogP contribution in [0.3, 0.4) is 0 Å². The van der Waals surface area contributed by atoms with E-state index in [1.54, 1.807) is 31.3 Å². The van der Waals surface area contributed by atoms with Crippen molar-refractivity contribution in [2.75, 3.05) is 17.7 Å². The minimum absolute atomic E-state index is 0.100. The number of anilines is 2. The molecule has 112 valence electrons. The standard InChI is InChI=1S/C15H14ClF3N2/c1-21(9-10-8-11(20)6-7-13(10)16)14-5-3-2-4-12(14)15(17,18)19/h2-8H,9,20H2,1H3. The van der Waals surface area contributed by atoms with Crippen LogP contribution in [0, 0.1) is 0 Å². The maximum atomic E-state index is 13.0. The monoisotopic (exact) mass is 314 g/mol. The van der Waals surface area contributed by atoms with Gasteiger partial charge in [-0.15, -0.1) is 0 Å². The first-order valence-electron chi connectivity index (χ1n) is 6.20. The number of nitrogens with two attached hydrogens (primary N) is 1. The molecule has 2 rings (SSSR count). The van der Waals surface area contributed by atoms with E-state index in [1.165, 1.54) is 17.0 Å². The maximum Gasteiger partial charge on any atom is 0.418 e. The van der Waals surface area contributed by atoms with Gasteiger partial charge in [0.05, 0.1) is 5.56 Å². The smallest absolute Gasteiger partial charge is 0.399 e. The molecule has 6 heteroatoms. The molecular weight excluding hydrogens is 301 g/mol. The zero-order chi connectivity index (χ0) is 15.6. The van der Waals surface area contributed by atoms with Crippen molar-refractivity contribution in [1.29, 1.82) is 0 Å². The summed E-state index contributed by atoms with van der Waals surface area (Å²) in [6.07, 6.45) is -4.40. The molecule has 0 bridgehead atoms. The number of alkyl halides is 3. The van der Waals surface area contributed by atoms with Gasteiger partial charge in [0.25, 0.3) is 0 Å². The molecule has 0 saturated carbocycles. The SMILES string of the molecule is CN(Cc1cc(N)ccc1Cl)c1ccccc1C(F)(F)F. The Hall–Kier alpha value is -1.88. The average Bonchev–Trinajstić information content (AvgIpc) is 2.42. The second kappa shape index (κ2) is 5.85. The van der Waals surface area contributed by atoms with Gasteiger partial charge in [0, 0.05) is 30.0 Å². The zero-order valence-electron chi connectivity index (χ0n) is 11.3. The van der Waals surface area contributed by atoms with Crippen molar-refractivity contribution < 1.29 is 13.2 Å². The highest BCUT2D eigenvalue weighted by molar-refractivity contribution is 6.31. The van der Waals surface area contributed by atoms with Crippen molar-refractivity contribution in [2.24, 2.45) is 0 Å². The van der Waals surface area contributed by atoms with E-state index in [-0.39, 0.29) is 12.2 Å². The zero-order valence-corrected chi connectivity index (χ0v) is 12.0. The Morgan fingerprint density at radius 1 is 1.14 bits per heavy atom. The summed E-state index contributed by atoms with van der Waals surface area (Å²) >= 11 is 6.05. The van der Waals surface area contributed by atoms with Crippen LogP contribution in [-0.4, -0.2) is 7.05 Å². The van der Waals surface area contributed by atoms with Crippen molar-refractivity contribution in [3.05, 3.63) is 58.6 Å². The van der Waals surface area contributed by atoms with E-state index in [0.29, 0.717) is 16.3 Å². The fourth-order valence-electron chi connectivity index (χ4n) is 2.10. The third-order valence-electron chi connectivity index (χ3n) is 3.10. The maximum absolute atomic E-state index is 13.0. The van der Waals surface area contributed by atoms with E-state index in [0.717, 1.165) is 6.07 Å². The van der Waals surface area contributed by atoms with Gasteiger partial charge >= 0.3 is 6.18 Å². The Bertz CT molecular complexity index is 641. The van der Waals surface area contributed by atoms with Crippen LogP contribution in [0.15, 0.2) is 42.5 Å². The third-order valence-corrected chi connectivity index (χ3v) is 3.47. The van der Waals surface area contributed by atoms with Crippen LogP contribution in [-0.2, 0) is 12.7 Å². The van der Waals surface area contributed by atoms with Crippen LogP contribution in [0.1, 0.15) is 11.1 Å². The van der Waals surface area contributed by atoms with E-state index < -0.39 is 11.7 Å². The van der Waals surface area contributed by atoms with Gasteiger partial charge in [-0.3, -0.25) is 0 Å². The molecule has 0 aliphatic heterocycles. The van der Waals surface area contributed by atoms with Gasteiger partial charge in [-0.05, 0) is 35.9 Å². The molecule has 0 fully saturated rings. The number of hydrogen-bond donors (Lipinski definition) is 1. The molecule has 21 heavy (non-hydrogen) atoms. The number of hydrogen-bond acceptors (Lipinski definition) is 2. The average molecular weight is 315 g/mol. The van der Waals surface area contributed by atoms with Gasteiger partial charge in [0.2, 0.25) is 0 Å². The summed E-state index contributed by atoms with van der Waals surface area (Å²) in [5.41, 5.74) is 6.31. The number of nitrogens with zero attached hydrogens (tertiary/aromatic N) is 1. The number of halogens is 4. The molecule has 0 unspecified atom stereocenters. The fourth-order valence-corrected chi connectivity index (χ4v) is 2.28. The summed E-state index contributed by atoms with van der Waals surface area (Å²) in [4.78, 5) is 1.50. The van der Waals surface area contributed by atoms with Gasteiger partial charge in [0.1, 0.15) is 0 Å². The number of benzene rings is 2. The molecule has 2 aromatic rings. The Morgan fingerprint density at radius 3 is 2.48 bits per heavy atom. The van der Waals surface area contributed by atoms with Crippen LogP contribution in [0.4, 0.5) is 24.5 Å². The number of para-hydroxylation sites is 1. The van der Waals surface area contributed by atoms with Crippen molar-refractivity contribution in [2.45, 2.75) is 12.7 Å². The van der Waals surface area contributed by atoms with Gasteiger partial charge in [-0.2, -0.15) is 13.2 Å². The van der Waals surface area contributed by atoms with Gasteiger partial charge in [-0.25, -0.2) is 0 Å². The Labute approximate surface area is 125 Å². The minimum atomic E-state index is -4.40. The molecule has 0 radical (unpaired) electrons. The Kier molecular flexibility index (Phi) is 4.32. The van der Waals surface area contributed by atoms with Crippen molar-refractivity contribution in [3.63, 3.8) is 0 Å². The summed E-state index contributed by atoms with van der Waals surface area (Å²) < 4.78 is 39.1. The predicted molar refractivity (Wildman–Crippen MR) is 79.4 cm³/mol. The molecule has 2 N–H and O–H groups in total. The lowest BCUT2D eigenvalue weighted by Crippen LogP contribution is -2.21. The fraction of sp³-hybridized carbons (Fsp3) is 0.200. The topological polar surface area (TPSA) is 29.3 Å². The quantitative estimate of drug-likeness (QED) is 0.840. The van der Waals surface area contributed by atoms with Gasteiger partial charge < -0.3 is 10.6 Å². The Balaban J connectivity index is 2.33. The third kappa shape index (κ3) is 3.61. The van der Waals surface area contributed by atoms with Crippen molar-refractivity contribution in [1.82, 2.24) is 0 Å². The minimum Gasteiger partial charge on any atom is -0.399 e. The summed E-state index contributed by atoms with van der Waals surface area (Å²) in [5, 5.41) is 0.473. The molecular formula is C15H14ClF3N2. The normalized spacial score (nSPS) is 11.5. The molecule has 2 aromatic carbocycles. The largest absolute Gasteiger partial charge is 0.418 e. The van der Waals surface area contributed by atoms with E-state index in [4.69, 9.17) is 17.3 Å². The molecule has 2 nitrogen and oxygen atoms in total. The molecule has 0 aromatic heterocycles. The summed E-state index contributed by atoms with van der Waals surface area (Å²) in [7, 11) is 1.59. The first-order chi connectivity index (χ1) is 9.79. The first kappa shape index (κ1) is 15.5. The lowest BCUT2D eigenvalue weighted by molar-refractivity contribution is -0.137. The lowest BCUT2D eigenvalue weighted by atomic mass is 10.1. The van der Waals surface area contributed by atoms with Gasteiger partial charge in [-0.1, -0.05) is 23.7 Å². The van der Waals surface area contributed by atoms with Crippen LogP contribution in [0.25, 0.3) is 0 Å². The van der Waals surface area contributed by atoms with E-state index in [1.807, 2.05) is 0 Å². The van der Waals surface area contributed by atoms with Crippen LogP contribution < -0.4 is 10.6 Å². The van der Waals surface area contributed by atoms with Crippen molar-refractivity contribution >= 4 is 23.0 Å². The van der Waals surface area contributed by atoms with Crippen molar-refractivity contribution in [3.8, 4) is 0 Å². The van der Waals surface area contributed by atoms with E-state index >= 15 is 0 Å². The number of rotatable bonds is 3. The summed E-state index contributed by atoms with van der Waals surface area (Å²) in [6.45, 7) is 0.233. The molecule has 0 aliphatic rings. The van der Waals surface area contributed by atoms with E-state index in [9.17, 15) is 13.2 Å². The highest BCUT2D eigenvalue weighted by atomic mass is 35.5. The second-order valence-corrected chi connectivity index (χ2v) is 5.13. The van der Waals surface area contributed by atoms with Crippen LogP contribution in [0.5, 0.6) is 0 Å². The highest BCUT2D eigenvalue weighted by Crippen LogP contribution is 2.36. The lowest BCUT2D eigenvalue weighted by Gasteiger charge is -2.24. The molecule has 0 spiro atoms. The molecule has 0 atom stereocenters. The first-order valence-corrected chi connectivity index (χ1v) is 6.58. The number of nitrogen functional groups attached to an aromatic ring is 1. The second-order valence-electron chi connectivity index (χ2n) is 4.72. The highest BCUT2D eigenvalue weighted by Gasteiger charge is 2.34. The molecule has 0 aliphatic carbocycles. The summed E-state index contributed by atoms with van der Waals surface area (Å²) in [6, 6.07) is 10.4.